The van der Waals surface area contributed by atoms with Crippen molar-refractivity contribution in [3.05, 3.63) is 23.5 Å². The molecule has 0 saturated carbocycles. The van der Waals surface area contributed by atoms with E-state index in [1.807, 2.05) is 23.8 Å². The lowest BCUT2D eigenvalue weighted by atomic mass is 10.3. The van der Waals surface area contributed by atoms with E-state index in [9.17, 15) is 4.79 Å². The normalized spacial score (nSPS) is 9.80. The first-order valence-electron chi connectivity index (χ1n) is 3.40. The lowest BCUT2D eigenvalue weighted by molar-refractivity contribution is 0.112. The van der Waals surface area contributed by atoms with Crippen LogP contribution in [0.1, 0.15) is 23.0 Å². The smallest absolute Gasteiger partial charge is 0.151 e. The number of carbonyl (C=O) groups is 1. The molecule has 0 radical (unpaired) electrons. The Morgan fingerprint density at radius 3 is 2.70 bits per heavy atom. The quantitative estimate of drug-likeness (QED) is 0.568. The van der Waals surface area contributed by atoms with Crippen LogP contribution >= 0.6 is 0 Å². The van der Waals surface area contributed by atoms with E-state index in [0.29, 0.717) is 0 Å². The van der Waals surface area contributed by atoms with E-state index in [1.165, 1.54) is 0 Å². The molecule has 2 nitrogen and oxygen atoms in total. The van der Waals surface area contributed by atoms with E-state index in [0.717, 1.165) is 24.1 Å². The van der Waals surface area contributed by atoms with Crippen LogP contribution in [0.5, 0.6) is 0 Å². The van der Waals surface area contributed by atoms with Gasteiger partial charge in [-0.05, 0) is 19.9 Å². The molecule has 0 bridgehead atoms. The highest BCUT2D eigenvalue weighted by Crippen LogP contribution is 2.06. The standard InChI is InChI=1S/C8H11NO/c1-3-9-5-4-8(6-10)7(9)2/h4-6H,3H2,1-2H3. The van der Waals surface area contributed by atoms with E-state index < -0.39 is 0 Å². The van der Waals surface area contributed by atoms with Gasteiger partial charge in [-0.3, -0.25) is 4.79 Å². The van der Waals surface area contributed by atoms with Crippen LogP contribution in [-0.2, 0) is 6.54 Å². The summed E-state index contributed by atoms with van der Waals surface area (Å²) < 4.78 is 2.05. The van der Waals surface area contributed by atoms with Crippen molar-refractivity contribution in [2.45, 2.75) is 20.4 Å². The zero-order chi connectivity index (χ0) is 7.56. The number of rotatable bonds is 2. The fourth-order valence-corrected chi connectivity index (χ4v) is 1.04. The first-order chi connectivity index (χ1) is 4.79. The number of hydrogen-bond donors (Lipinski definition) is 0. The molecule has 1 aromatic rings. The molecule has 0 aliphatic carbocycles. The first kappa shape index (κ1) is 7.06. The molecule has 1 aromatic heterocycles. The number of carbonyl (C=O) groups excluding carboxylic acids is 1. The second-order valence-electron chi connectivity index (χ2n) is 2.26. The van der Waals surface area contributed by atoms with Crippen molar-refractivity contribution in [2.75, 3.05) is 0 Å². The summed E-state index contributed by atoms with van der Waals surface area (Å²) in [7, 11) is 0. The van der Waals surface area contributed by atoms with Gasteiger partial charge in [-0.1, -0.05) is 0 Å². The van der Waals surface area contributed by atoms with E-state index in [1.54, 1.807) is 0 Å². The van der Waals surface area contributed by atoms with Gasteiger partial charge < -0.3 is 4.57 Å². The fourth-order valence-electron chi connectivity index (χ4n) is 1.04. The molecule has 1 heterocycles. The Bertz CT molecular complexity index is 237. The third kappa shape index (κ3) is 0.967. The van der Waals surface area contributed by atoms with E-state index in [-0.39, 0.29) is 0 Å². The van der Waals surface area contributed by atoms with Crippen molar-refractivity contribution in [3.8, 4) is 0 Å². The maximum absolute atomic E-state index is 10.3. The maximum atomic E-state index is 10.3. The van der Waals surface area contributed by atoms with Crippen LogP contribution in [-0.4, -0.2) is 10.9 Å². The van der Waals surface area contributed by atoms with Gasteiger partial charge in [0.05, 0.1) is 0 Å². The lowest BCUT2D eigenvalue weighted by Gasteiger charge is -1.99. The molecule has 0 unspecified atom stereocenters. The van der Waals surface area contributed by atoms with Crippen LogP contribution in [0.3, 0.4) is 0 Å². The number of nitrogens with zero attached hydrogens (tertiary/aromatic N) is 1. The highest BCUT2D eigenvalue weighted by atomic mass is 16.1. The second kappa shape index (κ2) is 2.69. The van der Waals surface area contributed by atoms with Gasteiger partial charge >= 0.3 is 0 Å². The van der Waals surface area contributed by atoms with Crippen LogP contribution < -0.4 is 0 Å². The van der Waals surface area contributed by atoms with Gasteiger partial charge in [0.25, 0.3) is 0 Å². The number of hydrogen-bond acceptors (Lipinski definition) is 1. The molecule has 0 saturated heterocycles. The monoisotopic (exact) mass is 137 g/mol. The van der Waals surface area contributed by atoms with Gasteiger partial charge in [0, 0.05) is 24.0 Å². The molecule has 1 rings (SSSR count). The van der Waals surface area contributed by atoms with Crippen molar-refractivity contribution in [1.29, 1.82) is 0 Å². The molecule has 10 heavy (non-hydrogen) atoms. The molecule has 0 N–H and O–H groups in total. The summed E-state index contributed by atoms with van der Waals surface area (Å²) in [5, 5.41) is 0. The summed E-state index contributed by atoms with van der Waals surface area (Å²) in [6, 6.07) is 1.84. The Hall–Kier alpha value is -1.05. The minimum Gasteiger partial charge on any atom is -0.351 e. The van der Waals surface area contributed by atoms with Crippen LogP contribution in [0.2, 0.25) is 0 Å². The summed E-state index contributed by atoms with van der Waals surface area (Å²) in [5.74, 6) is 0. The van der Waals surface area contributed by atoms with Crippen molar-refractivity contribution in [3.63, 3.8) is 0 Å². The van der Waals surface area contributed by atoms with Crippen molar-refractivity contribution < 1.29 is 4.79 Å². The van der Waals surface area contributed by atoms with Gasteiger partial charge in [-0.15, -0.1) is 0 Å². The van der Waals surface area contributed by atoms with Crippen LogP contribution in [0, 0.1) is 6.92 Å². The Kier molecular flexibility index (Phi) is 1.90. The second-order valence-corrected chi connectivity index (χ2v) is 2.26. The van der Waals surface area contributed by atoms with Crippen molar-refractivity contribution >= 4 is 6.29 Å². The van der Waals surface area contributed by atoms with Crippen LogP contribution in [0.25, 0.3) is 0 Å². The highest BCUT2D eigenvalue weighted by molar-refractivity contribution is 5.76. The summed E-state index contributed by atoms with van der Waals surface area (Å²) in [6.45, 7) is 4.94. The van der Waals surface area contributed by atoms with Gasteiger partial charge in [0.2, 0.25) is 0 Å². The Morgan fingerprint density at radius 1 is 1.70 bits per heavy atom. The van der Waals surface area contributed by atoms with E-state index in [4.69, 9.17) is 0 Å². The first-order valence-corrected chi connectivity index (χ1v) is 3.40. The topological polar surface area (TPSA) is 22.0 Å². The number of aryl methyl sites for hydroxylation is 1. The largest absolute Gasteiger partial charge is 0.351 e. The Morgan fingerprint density at radius 2 is 2.40 bits per heavy atom. The molecular weight excluding hydrogens is 126 g/mol. The van der Waals surface area contributed by atoms with Crippen LogP contribution in [0.15, 0.2) is 12.3 Å². The molecule has 0 spiro atoms. The van der Waals surface area contributed by atoms with Crippen LogP contribution in [0.4, 0.5) is 0 Å². The third-order valence-corrected chi connectivity index (χ3v) is 1.75. The zero-order valence-electron chi connectivity index (χ0n) is 6.29. The predicted octanol–water partition coefficient (Wildman–Crippen LogP) is 1.63. The molecule has 2 heteroatoms. The van der Waals surface area contributed by atoms with Crippen molar-refractivity contribution in [2.24, 2.45) is 0 Å². The van der Waals surface area contributed by atoms with Gasteiger partial charge in [-0.2, -0.15) is 0 Å². The molecule has 0 atom stereocenters. The molecular formula is C8H11NO. The Labute approximate surface area is 60.5 Å². The molecule has 0 fully saturated rings. The highest BCUT2D eigenvalue weighted by Gasteiger charge is 1.99. The molecule has 0 amide bonds. The summed E-state index contributed by atoms with van der Waals surface area (Å²) in [4.78, 5) is 10.3. The number of aromatic nitrogens is 1. The van der Waals surface area contributed by atoms with E-state index >= 15 is 0 Å². The number of aldehydes is 1. The molecule has 54 valence electrons. The van der Waals surface area contributed by atoms with Gasteiger partial charge in [0.1, 0.15) is 0 Å². The average molecular weight is 137 g/mol. The minimum atomic E-state index is 0.793. The van der Waals surface area contributed by atoms with Crippen molar-refractivity contribution in [1.82, 2.24) is 4.57 Å². The van der Waals surface area contributed by atoms with Gasteiger partial charge in [-0.25, -0.2) is 0 Å². The predicted molar refractivity (Wildman–Crippen MR) is 40.2 cm³/mol. The third-order valence-electron chi connectivity index (χ3n) is 1.75. The molecule has 0 aliphatic rings. The molecule has 0 aliphatic heterocycles. The minimum absolute atomic E-state index is 0.793. The average Bonchev–Trinajstić information content (AvgIpc) is 2.30. The van der Waals surface area contributed by atoms with E-state index in [2.05, 4.69) is 6.92 Å². The Balaban J connectivity index is 3.08. The lowest BCUT2D eigenvalue weighted by Crippen LogP contribution is -1.95. The fraction of sp³-hybridized carbons (Fsp3) is 0.375. The SMILES string of the molecule is CCn1ccc(C=O)c1C. The summed E-state index contributed by atoms with van der Waals surface area (Å²) in [6.07, 6.45) is 2.82. The summed E-state index contributed by atoms with van der Waals surface area (Å²) in [5.41, 5.74) is 1.85. The maximum Gasteiger partial charge on any atom is 0.151 e. The zero-order valence-corrected chi connectivity index (χ0v) is 6.29. The van der Waals surface area contributed by atoms with Gasteiger partial charge in [0.15, 0.2) is 6.29 Å². The summed E-state index contributed by atoms with van der Waals surface area (Å²) >= 11 is 0. The molecule has 0 aromatic carbocycles.